The minimum atomic E-state index is -0.292. The topological polar surface area (TPSA) is 168 Å². The monoisotopic (exact) mass is 590 g/mol. The maximum Gasteiger partial charge on any atom is 0.391 e. The fourth-order valence-electron chi connectivity index (χ4n) is 4.29. The summed E-state index contributed by atoms with van der Waals surface area (Å²) in [7, 11) is 3.70. The lowest BCUT2D eigenvalue weighted by atomic mass is 10.1. The van der Waals surface area contributed by atoms with Crippen LogP contribution >= 0.6 is 0 Å². The summed E-state index contributed by atoms with van der Waals surface area (Å²) in [6.45, 7) is 3.89. The van der Waals surface area contributed by atoms with Crippen LogP contribution in [0.25, 0.3) is 0 Å². The van der Waals surface area contributed by atoms with Crippen LogP contribution in [0.3, 0.4) is 0 Å². The number of anilines is 8. The first-order chi connectivity index (χ1) is 21.0. The standard InChI is InChI=1S/C32H32N10O2/c1-19-17-27(39-31(33)41(19)3)35-23-9-13-25(14-10-23)37-29(43)21-5-7-22(8-6-21)30(44)38-26-15-11-24(12-16-26)36-28-18-20(2)42(4)32(34)40-28/h5-18H,1-4H3,(H6,33,34,35,36,37,38,39,40,43,44)/p+2. The zero-order chi connectivity index (χ0) is 31.4. The predicted octanol–water partition coefficient (Wildman–Crippen LogP) is 3.90. The Kier molecular flexibility index (Phi) is 8.33. The second kappa shape index (κ2) is 12.4. The van der Waals surface area contributed by atoms with Gasteiger partial charge in [-0.15, -0.1) is 0 Å². The predicted molar refractivity (Wildman–Crippen MR) is 171 cm³/mol. The summed E-state index contributed by atoms with van der Waals surface area (Å²) in [5.74, 6) is 1.48. The van der Waals surface area contributed by atoms with Gasteiger partial charge in [0.15, 0.2) is 0 Å². The Balaban J connectivity index is 1.15. The van der Waals surface area contributed by atoms with Crippen molar-refractivity contribution in [1.82, 2.24) is 9.97 Å². The molecule has 0 spiro atoms. The maximum absolute atomic E-state index is 12.8. The normalized spacial score (nSPS) is 10.6. The molecule has 0 atom stereocenters. The first-order valence-electron chi connectivity index (χ1n) is 13.8. The van der Waals surface area contributed by atoms with Gasteiger partial charge in [0.05, 0.1) is 25.5 Å². The molecule has 0 saturated carbocycles. The molecule has 2 amide bonds. The van der Waals surface area contributed by atoms with E-state index in [-0.39, 0.29) is 11.8 Å². The van der Waals surface area contributed by atoms with Crippen LogP contribution in [0.1, 0.15) is 32.1 Å². The molecule has 0 saturated heterocycles. The lowest BCUT2D eigenvalue weighted by Gasteiger charge is -2.10. The molecule has 5 rings (SSSR count). The van der Waals surface area contributed by atoms with E-state index in [1.165, 1.54) is 0 Å². The number of benzene rings is 3. The molecule has 0 aliphatic heterocycles. The third-order valence-corrected chi connectivity index (χ3v) is 7.15. The van der Waals surface area contributed by atoms with Crippen molar-refractivity contribution in [2.24, 2.45) is 14.1 Å². The van der Waals surface area contributed by atoms with Gasteiger partial charge >= 0.3 is 11.9 Å². The summed E-state index contributed by atoms with van der Waals surface area (Å²) in [5, 5.41) is 12.2. The van der Waals surface area contributed by atoms with Gasteiger partial charge in [-0.1, -0.05) is 9.97 Å². The molecule has 0 bridgehead atoms. The third kappa shape index (κ3) is 6.87. The Morgan fingerprint density at radius 3 is 1.20 bits per heavy atom. The fraction of sp³-hybridized carbons (Fsp3) is 0.125. The molecule has 12 nitrogen and oxygen atoms in total. The van der Waals surface area contributed by atoms with Gasteiger partial charge in [-0.05, 0) is 86.6 Å². The molecule has 0 fully saturated rings. The van der Waals surface area contributed by atoms with Crippen LogP contribution in [0.5, 0.6) is 0 Å². The van der Waals surface area contributed by atoms with E-state index in [1.807, 2.05) is 64.3 Å². The lowest BCUT2D eigenvalue weighted by Crippen LogP contribution is -2.36. The molecule has 2 aromatic heterocycles. The Hall–Kier alpha value is -6.04. The van der Waals surface area contributed by atoms with Gasteiger partial charge in [0.25, 0.3) is 11.8 Å². The van der Waals surface area contributed by atoms with Crippen LogP contribution in [0, 0.1) is 13.8 Å². The van der Waals surface area contributed by atoms with Crippen molar-refractivity contribution in [2.45, 2.75) is 13.8 Å². The number of nitrogens with one attached hydrogen (secondary N) is 4. The van der Waals surface area contributed by atoms with Crippen molar-refractivity contribution in [3.8, 4) is 0 Å². The third-order valence-electron chi connectivity index (χ3n) is 7.15. The molecule has 222 valence electrons. The van der Waals surface area contributed by atoms with Crippen LogP contribution in [0.2, 0.25) is 0 Å². The van der Waals surface area contributed by atoms with Crippen LogP contribution in [0.4, 0.5) is 46.3 Å². The van der Waals surface area contributed by atoms with Gasteiger partial charge in [-0.2, -0.15) is 0 Å². The summed E-state index contributed by atoms with van der Waals surface area (Å²) in [6, 6.07) is 24.7. The van der Waals surface area contributed by atoms with E-state index in [0.717, 1.165) is 22.8 Å². The Bertz CT molecular complexity index is 1660. The van der Waals surface area contributed by atoms with E-state index in [1.54, 1.807) is 57.7 Å². The van der Waals surface area contributed by atoms with E-state index < -0.39 is 0 Å². The van der Waals surface area contributed by atoms with Crippen molar-refractivity contribution in [3.05, 3.63) is 107 Å². The summed E-state index contributed by atoms with van der Waals surface area (Å²) in [4.78, 5) is 34.3. The van der Waals surface area contributed by atoms with E-state index in [4.69, 9.17) is 11.5 Å². The maximum atomic E-state index is 12.8. The van der Waals surface area contributed by atoms with Gasteiger partial charge in [-0.3, -0.25) is 21.1 Å². The number of amides is 2. The quantitative estimate of drug-likeness (QED) is 0.148. The Labute approximate surface area is 254 Å². The van der Waals surface area contributed by atoms with E-state index in [9.17, 15) is 9.59 Å². The minimum Gasteiger partial charge on any atom is -0.326 e. The zero-order valence-electron chi connectivity index (χ0n) is 24.8. The van der Waals surface area contributed by atoms with E-state index in [2.05, 4.69) is 31.2 Å². The Morgan fingerprint density at radius 1 is 0.568 bits per heavy atom. The second-order valence-corrected chi connectivity index (χ2v) is 10.3. The number of nitrogens with two attached hydrogens (primary N) is 2. The number of aryl methyl sites for hydroxylation is 2. The van der Waals surface area contributed by atoms with E-state index in [0.29, 0.717) is 46.0 Å². The molecular formula is C32H34N10O2+2. The average Bonchev–Trinajstić information content (AvgIpc) is 3.00. The number of nitrogens with zero attached hydrogens (tertiary/aromatic N) is 4. The summed E-state index contributed by atoms with van der Waals surface area (Å²) in [6.07, 6.45) is 0. The first-order valence-corrected chi connectivity index (χ1v) is 13.8. The SMILES string of the molecule is Cc1cc(Nc2ccc(NC(=O)c3ccc(C(=O)Nc4ccc(Nc5cc(C)[n+](C)c(N)n5)cc4)cc3)cc2)nc(N)[n+]1C. The van der Waals surface area contributed by atoms with Gasteiger partial charge in [0, 0.05) is 46.0 Å². The molecule has 5 aromatic rings. The molecule has 2 heterocycles. The van der Waals surface area contributed by atoms with Gasteiger partial charge in [-0.25, -0.2) is 9.13 Å². The minimum absolute atomic E-state index is 0.292. The van der Waals surface area contributed by atoms with Crippen molar-refractivity contribution in [1.29, 1.82) is 0 Å². The van der Waals surface area contributed by atoms with Crippen LogP contribution in [-0.2, 0) is 14.1 Å². The number of carbonyl (C=O) groups is 2. The highest BCUT2D eigenvalue weighted by Gasteiger charge is 2.13. The van der Waals surface area contributed by atoms with Gasteiger partial charge in [0.2, 0.25) is 11.6 Å². The highest BCUT2D eigenvalue weighted by Crippen LogP contribution is 2.21. The highest BCUT2D eigenvalue weighted by atomic mass is 16.2. The molecular weight excluding hydrogens is 556 g/mol. The van der Waals surface area contributed by atoms with Crippen LogP contribution < -0.4 is 41.9 Å². The molecule has 12 heteroatoms. The lowest BCUT2D eigenvalue weighted by molar-refractivity contribution is -0.665. The fourth-order valence-corrected chi connectivity index (χ4v) is 4.29. The van der Waals surface area contributed by atoms with Gasteiger partial charge < -0.3 is 21.3 Å². The zero-order valence-corrected chi connectivity index (χ0v) is 24.8. The molecule has 0 radical (unpaired) electrons. The molecule has 3 aromatic carbocycles. The van der Waals surface area contributed by atoms with Crippen molar-refractivity contribution < 1.29 is 18.7 Å². The number of hydrogen-bond acceptors (Lipinski definition) is 8. The van der Waals surface area contributed by atoms with Crippen LogP contribution in [-0.4, -0.2) is 21.8 Å². The van der Waals surface area contributed by atoms with Crippen molar-refractivity contribution >= 4 is 58.1 Å². The molecule has 0 aliphatic carbocycles. The summed E-state index contributed by atoms with van der Waals surface area (Å²) in [5.41, 5.74) is 17.5. The molecule has 0 unspecified atom stereocenters. The number of rotatable bonds is 8. The number of aromatic nitrogens is 4. The Morgan fingerprint density at radius 2 is 0.886 bits per heavy atom. The van der Waals surface area contributed by atoms with Crippen molar-refractivity contribution in [2.75, 3.05) is 32.7 Å². The first kappa shape index (κ1) is 29.5. The number of carbonyl (C=O) groups excluding carboxylic acids is 2. The molecule has 8 N–H and O–H groups in total. The summed E-state index contributed by atoms with van der Waals surface area (Å²) >= 11 is 0. The smallest absolute Gasteiger partial charge is 0.326 e. The number of hydrogen-bond donors (Lipinski definition) is 6. The second-order valence-electron chi connectivity index (χ2n) is 10.3. The number of nitrogen functional groups attached to an aromatic ring is 2. The molecule has 0 aliphatic rings. The summed E-state index contributed by atoms with van der Waals surface area (Å²) < 4.78 is 3.59. The van der Waals surface area contributed by atoms with Gasteiger partial charge in [0.1, 0.15) is 0 Å². The average molecular weight is 591 g/mol. The highest BCUT2D eigenvalue weighted by molar-refractivity contribution is 6.07. The molecule has 44 heavy (non-hydrogen) atoms. The van der Waals surface area contributed by atoms with Crippen LogP contribution in [0.15, 0.2) is 84.9 Å². The van der Waals surface area contributed by atoms with E-state index >= 15 is 0 Å². The van der Waals surface area contributed by atoms with Crippen molar-refractivity contribution in [3.63, 3.8) is 0 Å². The largest absolute Gasteiger partial charge is 0.391 e.